The zero-order valence-electron chi connectivity index (χ0n) is 19.3. The van der Waals surface area contributed by atoms with E-state index < -0.39 is 23.5 Å². The molecule has 0 N–H and O–H groups in total. The predicted molar refractivity (Wildman–Crippen MR) is 122 cm³/mol. The zero-order valence-corrected chi connectivity index (χ0v) is 19.3. The predicted octanol–water partition coefficient (Wildman–Crippen LogP) is 4.79. The molecule has 37 heavy (non-hydrogen) atoms. The van der Waals surface area contributed by atoms with Gasteiger partial charge in [-0.2, -0.15) is 18.2 Å². The molecule has 8 nitrogen and oxygen atoms in total. The molecule has 0 amide bonds. The zero-order chi connectivity index (χ0) is 26.2. The Hall–Kier alpha value is -4.48. The molecule has 2 aromatic heterocycles. The monoisotopic (exact) mass is 514 g/mol. The van der Waals surface area contributed by atoms with Crippen LogP contribution in [0.1, 0.15) is 17.0 Å². The van der Waals surface area contributed by atoms with E-state index in [9.17, 15) is 22.4 Å². The van der Waals surface area contributed by atoms with Crippen LogP contribution in [-0.2, 0) is 25.7 Å². The van der Waals surface area contributed by atoms with Gasteiger partial charge < -0.3 is 14.2 Å². The van der Waals surface area contributed by atoms with Crippen molar-refractivity contribution in [3.05, 3.63) is 88.1 Å². The lowest BCUT2D eigenvalue weighted by Crippen LogP contribution is -2.28. The maximum absolute atomic E-state index is 14.6. The summed E-state index contributed by atoms with van der Waals surface area (Å²) < 4.78 is 70.1. The highest BCUT2D eigenvalue weighted by Gasteiger charge is 2.34. The first kappa shape index (κ1) is 24.2. The topological polar surface area (TPSA) is 88.4 Å². The number of aryl methyl sites for hydroxylation is 1. The Morgan fingerprint density at radius 1 is 1.03 bits per heavy atom. The number of aromatic nitrogens is 4. The molecule has 2 aromatic carbocycles. The number of methoxy groups -OCH3 is 1. The molecule has 1 aliphatic rings. The van der Waals surface area contributed by atoms with E-state index in [1.807, 2.05) is 18.2 Å². The van der Waals surface area contributed by atoms with Gasteiger partial charge in [-0.25, -0.2) is 19.2 Å². The van der Waals surface area contributed by atoms with Crippen molar-refractivity contribution in [3.8, 4) is 34.4 Å². The second-order valence-electron chi connectivity index (χ2n) is 8.08. The summed E-state index contributed by atoms with van der Waals surface area (Å²) in [7, 11) is 1.59. The van der Waals surface area contributed by atoms with Crippen molar-refractivity contribution in [2.24, 2.45) is 0 Å². The first-order chi connectivity index (χ1) is 17.7. The van der Waals surface area contributed by atoms with Gasteiger partial charge in [0.1, 0.15) is 12.4 Å². The van der Waals surface area contributed by atoms with Gasteiger partial charge in [0.05, 0.1) is 25.2 Å². The van der Waals surface area contributed by atoms with Crippen molar-refractivity contribution in [3.63, 3.8) is 0 Å². The summed E-state index contributed by atoms with van der Waals surface area (Å²) in [6, 6.07) is 11.2. The molecule has 0 spiro atoms. The van der Waals surface area contributed by atoms with Crippen LogP contribution in [0.15, 0.2) is 59.7 Å². The molecular weight excluding hydrogens is 496 g/mol. The van der Waals surface area contributed by atoms with E-state index in [0.29, 0.717) is 24.2 Å². The molecule has 0 bridgehead atoms. The average molecular weight is 514 g/mol. The molecule has 0 saturated carbocycles. The Morgan fingerprint density at radius 2 is 1.81 bits per heavy atom. The van der Waals surface area contributed by atoms with Crippen LogP contribution in [-0.4, -0.2) is 26.6 Å². The molecule has 190 valence electrons. The van der Waals surface area contributed by atoms with Gasteiger partial charge in [-0.15, -0.1) is 0 Å². The third-order valence-electron chi connectivity index (χ3n) is 5.67. The normalized spacial score (nSPS) is 12.5. The smallest absolute Gasteiger partial charge is 0.451 e. The van der Waals surface area contributed by atoms with Gasteiger partial charge in [-0.1, -0.05) is 6.07 Å². The maximum Gasteiger partial charge on any atom is 0.451 e. The molecule has 0 atom stereocenters. The summed E-state index contributed by atoms with van der Waals surface area (Å²) in [6.45, 7) is 0.379. The van der Waals surface area contributed by atoms with Crippen molar-refractivity contribution in [2.75, 3.05) is 7.11 Å². The lowest BCUT2D eigenvalue weighted by molar-refractivity contribution is -0.145. The largest absolute Gasteiger partial charge is 0.497 e. The van der Waals surface area contributed by atoms with Crippen LogP contribution in [0.2, 0.25) is 0 Å². The first-order valence-electron chi connectivity index (χ1n) is 11.0. The molecule has 0 saturated heterocycles. The number of hydrogen-bond donors (Lipinski definition) is 0. The first-order valence-corrected chi connectivity index (χ1v) is 11.0. The molecule has 0 unspecified atom stereocenters. The Morgan fingerprint density at radius 3 is 2.51 bits per heavy atom. The molecule has 5 rings (SSSR count). The number of rotatable bonds is 6. The number of benzene rings is 2. The second kappa shape index (κ2) is 9.52. The van der Waals surface area contributed by atoms with Crippen molar-refractivity contribution in [1.82, 2.24) is 19.5 Å². The van der Waals surface area contributed by atoms with Gasteiger partial charge in [0, 0.05) is 18.2 Å². The van der Waals surface area contributed by atoms with Crippen molar-refractivity contribution < 1.29 is 31.8 Å². The van der Waals surface area contributed by atoms with E-state index in [2.05, 4.69) is 15.0 Å². The number of nitrogens with zero attached hydrogens (tertiary/aromatic N) is 4. The lowest BCUT2D eigenvalue weighted by Gasteiger charge is -2.22. The summed E-state index contributed by atoms with van der Waals surface area (Å²) >= 11 is 0. The molecule has 0 radical (unpaired) electrons. The van der Waals surface area contributed by atoms with E-state index in [1.54, 1.807) is 17.7 Å². The van der Waals surface area contributed by atoms with Crippen LogP contribution in [0.3, 0.4) is 0 Å². The fourth-order valence-electron chi connectivity index (χ4n) is 3.90. The number of fused-ring (bicyclic) bond motifs is 3. The molecular formula is C25H18F4N4O4. The Labute approximate surface area is 207 Å². The van der Waals surface area contributed by atoms with Gasteiger partial charge in [-0.3, -0.25) is 4.57 Å². The molecule has 0 fully saturated rings. The van der Waals surface area contributed by atoms with E-state index >= 15 is 0 Å². The summed E-state index contributed by atoms with van der Waals surface area (Å²) in [6.07, 6.45) is -2.42. The fourth-order valence-corrected chi connectivity index (χ4v) is 3.90. The third-order valence-corrected chi connectivity index (χ3v) is 5.67. The van der Waals surface area contributed by atoms with E-state index in [1.165, 1.54) is 12.1 Å². The number of ether oxygens (including phenoxy) is 3. The summed E-state index contributed by atoms with van der Waals surface area (Å²) in [5, 5.41) is 0. The molecule has 12 heteroatoms. The van der Waals surface area contributed by atoms with Crippen LogP contribution in [0.5, 0.6) is 23.1 Å². The molecule has 3 heterocycles. The maximum atomic E-state index is 14.6. The van der Waals surface area contributed by atoms with Crippen LogP contribution in [0, 0.1) is 5.82 Å². The van der Waals surface area contributed by atoms with E-state index in [0.717, 1.165) is 35.3 Å². The van der Waals surface area contributed by atoms with E-state index in [-0.39, 0.29) is 24.0 Å². The highest BCUT2D eigenvalue weighted by molar-refractivity contribution is 5.67. The Kier molecular flexibility index (Phi) is 6.24. The minimum absolute atomic E-state index is 0.0857. The Bertz CT molecular complexity index is 1520. The molecule has 1 aliphatic heterocycles. The highest BCUT2D eigenvalue weighted by atomic mass is 19.4. The van der Waals surface area contributed by atoms with Crippen molar-refractivity contribution in [1.29, 1.82) is 0 Å². The minimum atomic E-state index is -4.69. The quantitative estimate of drug-likeness (QED) is 0.342. The van der Waals surface area contributed by atoms with Gasteiger partial charge in [0.25, 0.3) is 0 Å². The number of halogens is 4. The van der Waals surface area contributed by atoms with Crippen LogP contribution in [0.25, 0.3) is 11.3 Å². The number of hydrogen-bond acceptors (Lipinski definition) is 7. The lowest BCUT2D eigenvalue weighted by atomic mass is 9.97. The number of alkyl halides is 3. The van der Waals surface area contributed by atoms with Gasteiger partial charge in [0.2, 0.25) is 11.7 Å². The SMILES string of the molecule is COc1ccc2c(c1)CCn1c-2cc(OCc2ccc(Oc3cnc(C(F)(F)F)nc3)c(F)c2)nc1=O. The van der Waals surface area contributed by atoms with Gasteiger partial charge in [0.15, 0.2) is 17.3 Å². The van der Waals surface area contributed by atoms with Crippen molar-refractivity contribution >= 4 is 0 Å². The Balaban J connectivity index is 1.30. The minimum Gasteiger partial charge on any atom is -0.497 e. The highest BCUT2D eigenvalue weighted by Crippen LogP contribution is 2.33. The third kappa shape index (κ3) is 5.08. The van der Waals surface area contributed by atoms with Crippen molar-refractivity contribution in [2.45, 2.75) is 25.7 Å². The van der Waals surface area contributed by atoms with Gasteiger partial charge >= 0.3 is 11.9 Å². The van der Waals surface area contributed by atoms with Crippen LogP contribution >= 0.6 is 0 Å². The molecule has 0 aliphatic carbocycles. The summed E-state index contributed by atoms with van der Waals surface area (Å²) in [5.41, 5.74) is 2.52. The van der Waals surface area contributed by atoms with Crippen LogP contribution < -0.4 is 19.9 Å². The summed E-state index contributed by atoms with van der Waals surface area (Å²) in [4.78, 5) is 22.9. The van der Waals surface area contributed by atoms with Gasteiger partial charge in [-0.05, 0) is 47.9 Å². The molecule has 4 aromatic rings. The summed E-state index contributed by atoms with van der Waals surface area (Å²) in [5.74, 6) is -1.69. The second-order valence-corrected chi connectivity index (χ2v) is 8.08. The van der Waals surface area contributed by atoms with Crippen LogP contribution in [0.4, 0.5) is 17.6 Å². The average Bonchev–Trinajstić information content (AvgIpc) is 2.88. The standard InChI is InChI=1S/C25H18F4N4O4/c1-35-16-3-4-18-15(9-16)6-7-33-20(18)10-22(32-24(33)34)36-13-14-2-5-21(19(26)8-14)37-17-11-30-23(31-12-17)25(27,28)29/h2-5,8-12H,6-7,13H2,1H3. The van der Waals surface area contributed by atoms with E-state index in [4.69, 9.17) is 14.2 Å². The fraction of sp³-hybridized carbons (Fsp3) is 0.200.